The van der Waals surface area contributed by atoms with E-state index < -0.39 is 11.9 Å². The van der Waals surface area contributed by atoms with Gasteiger partial charge in [0.05, 0.1) is 12.1 Å². The first kappa shape index (κ1) is 20.5. The summed E-state index contributed by atoms with van der Waals surface area (Å²) in [4.78, 5) is 40.2. The lowest BCUT2D eigenvalue weighted by Crippen LogP contribution is -2.27. The minimum absolute atomic E-state index is 0.0320. The number of carboxylic acids is 2. The molecule has 0 fully saturated rings. The molecule has 0 aliphatic rings. The molecule has 0 spiro atoms. The first-order chi connectivity index (χ1) is 9.40. The van der Waals surface area contributed by atoms with Gasteiger partial charge in [0.25, 0.3) is 0 Å². The van der Waals surface area contributed by atoms with Crippen LogP contribution in [0.5, 0.6) is 0 Å². The molecular formula is C12H22N2O6. The minimum atomic E-state index is -0.873. The van der Waals surface area contributed by atoms with E-state index in [1.807, 2.05) is 0 Å². The molecule has 0 unspecified atom stereocenters. The van der Waals surface area contributed by atoms with Gasteiger partial charge >= 0.3 is 11.9 Å². The zero-order valence-electron chi connectivity index (χ0n) is 11.7. The second kappa shape index (κ2) is 13.6. The van der Waals surface area contributed by atoms with Crippen LogP contribution in [0, 0.1) is 0 Å². The Bertz CT molecular complexity index is 278. The van der Waals surface area contributed by atoms with Gasteiger partial charge in [0.1, 0.15) is 12.6 Å². The first-order valence-corrected chi connectivity index (χ1v) is 6.09. The summed E-state index contributed by atoms with van der Waals surface area (Å²) in [6.07, 6.45) is 2.20. The van der Waals surface area contributed by atoms with Crippen molar-refractivity contribution in [2.75, 3.05) is 14.1 Å². The molecule has 8 heteroatoms. The van der Waals surface area contributed by atoms with Crippen molar-refractivity contribution in [1.29, 1.82) is 0 Å². The van der Waals surface area contributed by atoms with Crippen molar-refractivity contribution in [3.63, 3.8) is 0 Å². The molecule has 0 aromatic heterocycles. The second-order valence-electron chi connectivity index (χ2n) is 3.93. The average Bonchev–Trinajstić information content (AvgIpc) is 2.41. The molecule has 0 bridgehead atoms. The summed E-state index contributed by atoms with van der Waals surface area (Å²) >= 11 is 0. The van der Waals surface area contributed by atoms with E-state index in [1.165, 1.54) is 0 Å². The topological polar surface area (TPSA) is 133 Å². The molecule has 2 atom stereocenters. The van der Waals surface area contributed by atoms with Crippen molar-refractivity contribution in [3.05, 3.63) is 0 Å². The molecule has 116 valence electrons. The van der Waals surface area contributed by atoms with Gasteiger partial charge in [-0.2, -0.15) is 0 Å². The molecule has 0 aliphatic heterocycles. The van der Waals surface area contributed by atoms with E-state index in [4.69, 9.17) is 10.2 Å². The number of nitrogens with one attached hydrogen (secondary N) is 2. The van der Waals surface area contributed by atoms with E-state index in [0.717, 1.165) is 0 Å². The van der Waals surface area contributed by atoms with Crippen LogP contribution in [-0.2, 0) is 19.2 Å². The molecule has 0 amide bonds. The van der Waals surface area contributed by atoms with Crippen molar-refractivity contribution in [1.82, 2.24) is 10.6 Å². The number of likely N-dealkylation sites (N-methyl/N-ethyl adjacent to an activating group) is 2. The van der Waals surface area contributed by atoms with E-state index in [9.17, 15) is 19.2 Å². The zero-order chi connectivity index (χ0) is 16.0. The van der Waals surface area contributed by atoms with Gasteiger partial charge in [-0.15, -0.1) is 0 Å². The van der Waals surface area contributed by atoms with Gasteiger partial charge in [-0.25, -0.2) is 0 Å². The van der Waals surface area contributed by atoms with Crippen molar-refractivity contribution < 1.29 is 29.4 Å². The number of aliphatic carboxylic acids is 2. The molecule has 0 radical (unpaired) electrons. The van der Waals surface area contributed by atoms with Gasteiger partial charge in [0.2, 0.25) is 0 Å². The molecule has 20 heavy (non-hydrogen) atoms. The van der Waals surface area contributed by atoms with Crippen LogP contribution < -0.4 is 10.6 Å². The standard InChI is InChI=1S/2C6H11NO3/c2*1-7-5(4-8)2-3-6(9)10/h2*4-5,7H,2-3H2,1H3,(H,9,10)/t2*5-/m00/s1. The van der Waals surface area contributed by atoms with Gasteiger partial charge in [-0.05, 0) is 26.9 Å². The van der Waals surface area contributed by atoms with Crippen molar-refractivity contribution in [3.8, 4) is 0 Å². The maximum Gasteiger partial charge on any atom is 0.303 e. The number of hydrogen-bond donors (Lipinski definition) is 4. The quantitative estimate of drug-likeness (QED) is 0.387. The van der Waals surface area contributed by atoms with Gasteiger partial charge in [-0.3, -0.25) is 9.59 Å². The molecule has 0 aliphatic carbocycles. The number of carbonyl (C=O) groups is 4. The predicted molar refractivity (Wildman–Crippen MR) is 71.6 cm³/mol. The normalized spacial score (nSPS) is 12.5. The smallest absolute Gasteiger partial charge is 0.303 e. The Hall–Kier alpha value is -1.80. The largest absolute Gasteiger partial charge is 0.481 e. The molecule has 4 N–H and O–H groups in total. The van der Waals surface area contributed by atoms with E-state index >= 15 is 0 Å². The third-order valence-electron chi connectivity index (χ3n) is 2.41. The molecule has 0 aromatic rings. The van der Waals surface area contributed by atoms with Crippen LogP contribution in [-0.4, -0.2) is 60.9 Å². The summed E-state index contributed by atoms with van der Waals surface area (Å²) in [6, 6.07) is -0.646. The Labute approximate surface area is 117 Å². The van der Waals surface area contributed by atoms with Crippen LogP contribution in [0.2, 0.25) is 0 Å². The number of aldehydes is 2. The van der Waals surface area contributed by atoms with E-state index in [0.29, 0.717) is 25.4 Å². The third-order valence-corrected chi connectivity index (χ3v) is 2.41. The van der Waals surface area contributed by atoms with Gasteiger partial charge in [0, 0.05) is 12.8 Å². The Morgan fingerprint density at radius 1 is 0.900 bits per heavy atom. The fourth-order valence-electron chi connectivity index (χ4n) is 1.12. The Morgan fingerprint density at radius 3 is 1.35 bits per heavy atom. The fraction of sp³-hybridized carbons (Fsp3) is 0.667. The maximum atomic E-state index is 10.1. The molecular weight excluding hydrogens is 268 g/mol. The van der Waals surface area contributed by atoms with Crippen LogP contribution in [0.4, 0.5) is 0 Å². The monoisotopic (exact) mass is 290 g/mol. The van der Waals surface area contributed by atoms with E-state index in [-0.39, 0.29) is 24.9 Å². The first-order valence-electron chi connectivity index (χ1n) is 6.09. The molecule has 0 heterocycles. The van der Waals surface area contributed by atoms with Gasteiger partial charge in [0.15, 0.2) is 0 Å². The van der Waals surface area contributed by atoms with Crippen LogP contribution in [0.3, 0.4) is 0 Å². The molecule has 0 saturated carbocycles. The SMILES string of the molecule is CN[C@H](C=O)CCC(=O)O.CN[C@H](C=O)CCC(=O)O. The highest BCUT2D eigenvalue weighted by Gasteiger charge is 2.06. The van der Waals surface area contributed by atoms with Crippen LogP contribution in [0.1, 0.15) is 25.7 Å². The predicted octanol–water partition coefficient (Wildman–Crippen LogP) is -0.724. The highest BCUT2D eigenvalue weighted by molar-refractivity contribution is 5.68. The third kappa shape index (κ3) is 14.3. The second-order valence-corrected chi connectivity index (χ2v) is 3.93. The lowest BCUT2D eigenvalue weighted by molar-refractivity contribution is -0.138. The Balaban J connectivity index is 0. The Morgan fingerprint density at radius 2 is 1.20 bits per heavy atom. The van der Waals surface area contributed by atoms with Crippen LogP contribution >= 0.6 is 0 Å². The zero-order valence-corrected chi connectivity index (χ0v) is 11.7. The summed E-state index contributed by atoms with van der Waals surface area (Å²) in [7, 11) is 3.25. The number of carbonyl (C=O) groups excluding carboxylic acids is 2. The summed E-state index contributed by atoms with van der Waals surface area (Å²) < 4.78 is 0. The molecule has 8 nitrogen and oxygen atoms in total. The summed E-state index contributed by atoms with van der Waals surface area (Å²) in [5, 5.41) is 21.8. The van der Waals surface area contributed by atoms with Crippen LogP contribution in [0.15, 0.2) is 0 Å². The number of carboxylic acid groups (broad SMARTS) is 2. The maximum absolute atomic E-state index is 10.1. The molecule has 0 saturated heterocycles. The summed E-state index contributed by atoms with van der Waals surface area (Å²) in [5.74, 6) is -1.75. The summed E-state index contributed by atoms with van der Waals surface area (Å²) in [6.45, 7) is 0. The lowest BCUT2D eigenvalue weighted by Gasteiger charge is -2.04. The fourth-order valence-corrected chi connectivity index (χ4v) is 1.12. The number of hydrogen-bond acceptors (Lipinski definition) is 6. The van der Waals surface area contributed by atoms with Crippen molar-refractivity contribution in [2.45, 2.75) is 37.8 Å². The average molecular weight is 290 g/mol. The van der Waals surface area contributed by atoms with Gasteiger partial charge in [-0.1, -0.05) is 0 Å². The summed E-state index contributed by atoms with van der Waals surface area (Å²) in [5.41, 5.74) is 0. The van der Waals surface area contributed by atoms with E-state index in [1.54, 1.807) is 14.1 Å². The highest BCUT2D eigenvalue weighted by Crippen LogP contribution is 1.93. The molecule has 0 aromatic carbocycles. The van der Waals surface area contributed by atoms with Crippen molar-refractivity contribution >= 4 is 24.5 Å². The van der Waals surface area contributed by atoms with E-state index in [2.05, 4.69) is 10.6 Å². The van der Waals surface area contributed by atoms with Crippen LogP contribution in [0.25, 0.3) is 0 Å². The minimum Gasteiger partial charge on any atom is -0.481 e. The Kier molecular flexibility index (Phi) is 14.0. The highest BCUT2D eigenvalue weighted by atomic mass is 16.4. The van der Waals surface area contributed by atoms with Gasteiger partial charge < -0.3 is 30.4 Å². The lowest BCUT2D eigenvalue weighted by atomic mass is 10.2. The van der Waals surface area contributed by atoms with Crippen molar-refractivity contribution in [2.24, 2.45) is 0 Å². The molecule has 0 rings (SSSR count). The number of rotatable bonds is 10.